The molecule has 0 bridgehead atoms. The van der Waals surface area contributed by atoms with Crippen LogP contribution in [-0.2, 0) is 0 Å². The first-order valence-corrected chi connectivity index (χ1v) is 7.15. The molecule has 2 nitrogen and oxygen atoms in total. The van der Waals surface area contributed by atoms with E-state index in [-0.39, 0.29) is 5.78 Å². The molecular weight excluding hydrogens is 370 g/mol. The Morgan fingerprint density at radius 2 is 1.74 bits per heavy atom. The highest BCUT2D eigenvalue weighted by atomic mass is 79.9. The van der Waals surface area contributed by atoms with E-state index >= 15 is 0 Å². The first-order chi connectivity index (χ1) is 9.11. The summed E-state index contributed by atoms with van der Waals surface area (Å²) >= 11 is 6.67. The van der Waals surface area contributed by atoms with Gasteiger partial charge in [0.15, 0.2) is 5.78 Å². The number of Topliss-reactive ketones (excluding diaryl/α,β-unsaturated/α-hetero) is 1. The first-order valence-electron chi connectivity index (χ1n) is 5.56. The molecule has 0 saturated carbocycles. The van der Waals surface area contributed by atoms with Gasteiger partial charge >= 0.3 is 0 Å². The molecule has 0 radical (unpaired) electrons. The standard InChI is InChI=1S/C15H9Br2NO/c16-12-6-4-10(5-7-12)15(19)14(9-18)11-2-1-3-13(17)8-11/h1-8,14H. The minimum Gasteiger partial charge on any atom is -0.292 e. The van der Waals surface area contributed by atoms with Crippen LogP contribution in [-0.4, -0.2) is 5.78 Å². The summed E-state index contributed by atoms with van der Waals surface area (Å²) in [5.41, 5.74) is 1.24. The Morgan fingerprint density at radius 1 is 1.05 bits per heavy atom. The summed E-state index contributed by atoms with van der Waals surface area (Å²) in [7, 11) is 0. The normalized spacial score (nSPS) is 11.6. The predicted molar refractivity (Wildman–Crippen MR) is 81.0 cm³/mol. The maximum Gasteiger partial charge on any atom is 0.184 e. The second-order valence-electron chi connectivity index (χ2n) is 3.99. The van der Waals surface area contributed by atoms with Gasteiger partial charge in [0, 0.05) is 14.5 Å². The number of rotatable bonds is 3. The molecule has 1 unspecified atom stereocenters. The number of nitrogens with zero attached hydrogens (tertiary/aromatic N) is 1. The molecule has 2 aromatic carbocycles. The van der Waals surface area contributed by atoms with E-state index in [9.17, 15) is 10.1 Å². The van der Waals surface area contributed by atoms with Crippen LogP contribution in [0.2, 0.25) is 0 Å². The van der Waals surface area contributed by atoms with Crippen LogP contribution in [0.4, 0.5) is 0 Å². The van der Waals surface area contributed by atoms with Gasteiger partial charge in [-0.1, -0.05) is 56.1 Å². The summed E-state index contributed by atoms with van der Waals surface area (Å²) in [5.74, 6) is -0.966. The zero-order valence-electron chi connectivity index (χ0n) is 9.81. The van der Waals surface area contributed by atoms with E-state index in [1.165, 1.54) is 0 Å². The summed E-state index contributed by atoms with van der Waals surface area (Å²) in [6, 6.07) is 16.4. The van der Waals surface area contributed by atoms with Crippen LogP contribution < -0.4 is 0 Å². The SMILES string of the molecule is N#CC(C(=O)c1ccc(Br)cc1)c1cccc(Br)c1. The second-order valence-corrected chi connectivity index (χ2v) is 5.82. The monoisotopic (exact) mass is 377 g/mol. The number of benzene rings is 2. The summed E-state index contributed by atoms with van der Waals surface area (Å²) in [5, 5.41) is 9.26. The molecule has 0 aliphatic carbocycles. The lowest BCUT2D eigenvalue weighted by Gasteiger charge is -2.09. The molecule has 0 aliphatic heterocycles. The van der Waals surface area contributed by atoms with Gasteiger partial charge in [-0.15, -0.1) is 0 Å². The van der Waals surface area contributed by atoms with Crippen LogP contribution >= 0.6 is 31.9 Å². The molecule has 1 atom stereocenters. The highest BCUT2D eigenvalue weighted by Crippen LogP contribution is 2.24. The van der Waals surface area contributed by atoms with E-state index < -0.39 is 5.92 Å². The third-order valence-electron chi connectivity index (χ3n) is 2.70. The van der Waals surface area contributed by atoms with E-state index in [1.807, 2.05) is 12.1 Å². The molecule has 0 fully saturated rings. The molecule has 0 aromatic heterocycles. The quantitative estimate of drug-likeness (QED) is 0.726. The second kappa shape index (κ2) is 6.14. The molecule has 4 heteroatoms. The van der Waals surface area contributed by atoms with Crippen LogP contribution in [0, 0.1) is 11.3 Å². The van der Waals surface area contributed by atoms with Gasteiger partial charge in [0.05, 0.1) is 6.07 Å². The van der Waals surface area contributed by atoms with E-state index in [0.717, 1.165) is 8.95 Å². The Labute approximate surface area is 128 Å². The summed E-state index contributed by atoms with van der Waals surface area (Å²) in [6.45, 7) is 0. The molecule has 2 rings (SSSR count). The van der Waals surface area contributed by atoms with Gasteiger partial charge in [0.2, 0.25) is 0 Å². The van der Waals surface area contributed by atoms with E-state index in [2.05, 4.69) is 37.9 Å². The summed E-state index contributed by atoms with van der Waals surface area (Å²) in [6.07, 6.45) is 0. The van der Waals surface area contributed by atoms with Crippen LogP contribution in [0.5, 0.6) is 0 Å². The number of hydrogen-bond acceptors (Lipinski definition) is 2. The molecule has 0 amide bonds. The number of carbonyl (C=O) groups excluding carboxylic acids is 1. The van der Waals surface area contributed by atoms with Gasteiger partial charge < -0.3 is 0 Å². The Morgan fingerprint density at radius 3 is 2.32 bits per heavy atom. The lowest BCUT2D eigenvalue weighted by Crippen LogP contribution is -2.11. The van der Waals surface area contributed by atoms with E-state index in [1.54, 1.807) is 36.4 Å². The largest absolute Gasteiger partial charge is 0.292 e. The predicted octanol–water partition coefficient (Wildman–Crippen LogP) is 4.70. The number of halogens is 2. The van der Waals surface area contributed by atoms with Crippen molar-refractivity contribution in [1.82, 2.24) is 0 Å². The molecule has 2 aromatic rings. The minimum absolute atomic E-state index is 0.187. The van der Waals surface area contributed by atoms with Crippen molar-refractivity contribution < 1.29 is 4.79 Å². The highest BCUT2D eigenvalue weighted by molar-refractivity contribution is 9.10. The van der Waals surface area contributed by atoms with Gasteiger partial charge in [-0.05, 0) is 29.8 Å². The maximum atomic E-state index is 12.3. The van der Waals surface area contributed by atoms with E-state index in [0.29, 0.717) is 11.1 Å². The van der Waals surface area contributed by atoms with Crippen molar-refractivity contribution in [3.8, 4) is 6.07 Å². The average molecular weight is 379 g/mol. The third kappa shape index (κ3) is 3.31. The Kier molecular flexibility index (Phi) is 4.52. The zero-order valence-corrected chi connectivity index (χ0v) is 13.0. The van der Waals surface area contributed by atoms with Gasteiger partial charge in [0.1, 0.15) is 5.92 Å². The molecule has 0 N–H and O–H groups in total. The summed E-state index contributed by atoms with van der Waals surface area (Å²) in [4.78, 5) is 12.3. The molecule has 19 heavy (non-hydrogen) atoms. The summed E-state index contributed by atoms with van der Waals surface area (Å²) < 4.78 is 1.76. The fourth-order valence-electron chi connectivity index (χ4n) is 1.75. The smallest absolute Gasteiger partial charge is 0.184 e. The number of nitriles is 1. The molecule has 0 saturated heterocycles. The van der Waals surface area contributed by atoms with Crippen LogP contribution in [0.15, 0.2) is 57.5 Å². The lowest BCUT2D eigenvalue weighted by atomic mass is 9.92. The third-order valence-corrected chi connectivity index (χ3v) is 3.72. The molecule has 0 spiro atoms. The Bertz CT molecular complexity index is 644. The van der Waals surface area contributed by atoms with Gasteiger partial charge in [-0.3, -0.25) is 4.79 Å². The fourth-order valence-corrected chi connectivity index (χ4v) is 2.43. The van der Waals surface area contributed by atoms with Crippen LogP contribution in [0.25, 0.3) is 0 Å². The topological polar surface area (TPSA) is 40.9 Å². The lowest BCUT2D eigenvalue weighted by molar-refractivity contribution is 0.0979. The van der Waals surface area contributed by atoms with Crippen LogP contribution in [0.1, 0.15) is 21.8 Å². The zero-order chi connectivity index (χ0) is 13.8. The van der Waals surface area contributed by atoms with Crippen molar-refractivity contribution in [1.29, 1.82) is 5.26 Å². The number of ketones is 1. The molecule has 94 valence electrons. The fraction of sp³-hybridized carbons (Fsp3) is 0.0667. The van der Waals surface area contributed by atoms with Gasteiger partial charge in [-0.2, -0.15) is 5.26 Å². The molecular formula is C15H9Br2NO. The molecule has 0 aliphatic rings. The van der Waals surface area contributed by atoms with Crippen molar-refractivity contribution in [3.05, 3.63) is 68.6 Å². The van der Waals surface area contributed by atoms with Gasteiger partial charge in [0.25, 0.3) is 0 Å². The Balaban J connectivity index is 2.35. The van der Waals surface area contributed by atoms with Crippen molar-refractivity contribution in [2.75, 3.05) is 0 Å². The Hall–Kier alpha value is -1.44. The first kappa shape index (κ1) is 14.0. The molecule has 0 heterocycles. The van der Waals surface area contributed by atoms with Crippen molar-refractivity contribution in [2.24, 2.45) is 0 Å². The van der Waals surface area contributed by atoms with Crippen molar-refractivity contribution in [3.63, 3.8) is 0 Å². The highest BCUT2D eigenvalue weighted by Gasteiger charge is 2.21. The minimum atomic E-state index is -0.779. The number of carbonyl (C=O) groups is 1. The average Bonchev–Trinajstić information content (AvgIpc) is 2.40. The van der Waals surface area contributed by atoms with E-state index in [4.69, 9.17) is 0 Å². The van der Waals surface area contributed by atoms with Gasteiger partial charge in [-0.25, -0.2) is 0 Å². The van der Waals surface area contributed by atoms with Crippen LogP contribution in [0.3, 0.4) is 0 Å². The van der Waals surface area contributed by atoms with Crippen molar-refractivity contribution >= 4 is 37.6 Å². The maximum absolute atomic E-state index is 12.3. The number of hydrogen-bond donors (Lipinski definition) is 0. The van der Waals surface area contributed by atoms with Crippen molar-refractivity contribution in [2.45, 2.75) is 5.92 Å².